The molecule has 72 valence electrons. The van der Waals surface area contributed by atoms with Gasteiger partial charge >= 0.3 is 0 Å². The molecule has 0 heteroatoms. The molecule has 0 rings (SSSR count). The van der Waals surface area contributed by atoms with E-state index in [0.717, 1.165) is 0 Å². The molecule has 0 amide bonds. The third-order valence-corrected chi connectivity index (χ3v) is 2.30. The fourth-order valence-corrected chi connectivity index (χ4v) is 1.34. The molecule has 0 nitrogen and oxygen atoms in total. The van der Waals surface area contributed by atoms with Gasteiger partial charge in [0.25, 0.3) is 0 Å². The minimum atomic E-state index is 1.25. The molecular weight excluding hydrogens is 144 g/mol. The Morgan fingerprint density at radius 2 is 1.67 bits per heavy atom. The Bertz CT molecular complexity index is 111. The smallest absolute Gasteiger partial charge is 0.0321 e. The number of unbranched alkanes of at least 4 members (excludes halogenated alkanes) is 3. The molecule has 0 aliphatic carbocycles. The van der Waals surface area contributed by atoms with Gasteiger partial charge in [-0.15, -0.1) is 0 Å². The van der Waals surface area contributed by atoms with Crippen LogP contribution in [0.15, 0.2) is 11.6 Å². The van der Waals surface area contributed by atoms with Gasteiger partial charge in [0, 0.05) is 0 Å². The predicted octanol–water partition coefficient (Wildman–Crippen LogP) is 4.70. The van der Waals surface area contributed by atoms with Crippen LogP contribution in [0.25, 0.3) is 0 Å². The third-order valence-electron chi connectivity index (χ3n) is 2.30. The van der Waals surface area contributed by atoms with Crippen LogP contribution in [0.4, 0.5) is 0 Å². The average Bonchev–Trinajstić information content (AvgIpc) is 2.11. The first-order chi connectivity index (χ1) is 5.85. The SMILES string of the molecule is CCCC/C=C(/CC)CCCC. The lowest BCUT2D eigenvalue weighted by atomic mass is 10.0. The summed E-state index contributed by atoms with van der Waals surface area (Å²) in [6, 6.07) is 0. The molecule has 0 aliphatic rings. The zero-order chi connectivity index (χ0) is 9.23. The lowest BCUT2D eigenvalue weighted by molar-refractivity contribution is 0.749. The number of hydrogen-bond acceptors (Lipinski definition) is 0. The van der Waals surface area contributed by atoms with Gasteiger partial charge in [-0.3, -0.25) is 0 Å². The van der Waals surface area contributed by atoms with Gasteiger partial charge in [-0.05, 0) is 25.7 Å². The molecule has 12 heavy (non-hydrogen) atoms. The van der Waals surface area contributed by atoms with Crippen LogP contribution >= 0.6 is 0 Å². The Morgan fingerprint density at radius 1 is 1.00 bits per heavy atom. The summed E-state index contributed by atoms with van der Waals surface area (Å²) in [5.41, 5.74) is 1.67. The van der Waals surface area contributed by atoms with Gasteiger partial charge in [-0.25, -0.2) is 0 Å². The van der Waals surface area contributed by atoms with Crippen molar-refractivity contribution in [3.05, 3.63) is 11.6 Å². The van der Waals surface area contributed by atoms with E-state index < -0.39 is 0 Å². The zero-order valence-electron chi connectivity index (χ0n) is 9.03. The van der Waals surface area contributed by atoms with Gasteiger partial charge in [0.2, 0.25) is 0 Å². The van der Waals surface area contributed by atoms with Crippen molar-refractivity contribution in [2.75, 3.05) is 0 Å². The summed E-state index contributed by atoms with van der Waals surface area (Å²) < 4.78 is 0. The van der Waals surface area contributed by atoms with Gasteiger partial charge < -0.3 is 0 Å². The topological polar surface area (TPSA) is 0 Å². The molecule has 0 bridgehead atoms. The minimum absolute atomic E-state index is 1.25. The molecule has 0 unspecified atom stereocenters. The van der Waals surface area contributed by atoms with Crippen LogP contribution in [0.3, 0.4) is 0 Å². The first kappa shape index (κ1) is 11.7. The van der Waals surface area contributed by atoms with E-state index in [1.807, 2.05) is 0 Å². The average molecular weight is 168 g/mol. The second-order valence-electron chi connectivity index (χ2n) is 3.46. The van der Waals surface area contributed by atoms with Crippen molar-refractivity contribution < 1.29 is 0 Å². The van der Waals surface area contributed by atoms with Crippen LogP contribution in [0, 0.1) is 0 Å². The summed E-state index contributed by atoms with van der Waals surface area (Å²) in [5, 5.41) is 0. The van der Waals surface area contributed by atoms with Gasteiger partial charge in [0.15, 0.2) is 0 Å². The number of allylic oxidation sites excluding steroid dienone is 2. The fourth-order valence-electron chi connectivity index (χ4n) is 1.34. The van der Waals surface area contributed by atoms with E-state index in [4.69, 9.17) is 0 Å². The minimum Gasteiger partial charge on any atom is -0.0853 e. The predicted molar refractivity (Wildman–Crippen MR) is 57.4 cm³/mol. The van der Waals surface area contributed by atoms with Gasteiger partial charge in [0.05, 0.1) is 0 Å². The van der Waals surface area contributed by atoms with Crippen LogP contribution < -0.4 is 0 Å². The summed E-state index contributed by atoms with van der Waals surface area (Å²) in [6.45, 7) is 6.79. The molecule has 0 aromatic carbocycles. The van der Waals surface area contributed by atoms with E-state index in [9.17, 15) is 0 Å². The van der Waals surface area contributed by atoms with Crippen molar-refractivity contribution in [1.82, 2.24) is 0 Å². The molecule has 0 radical (unpaired) electrons. The van der Waals surface area contributed by atoms with E-state index in [2.05, 4.69) is 26.8 Å². The summed E-state index contributed by atoms with van der Waals surface area (Å²) in [5.74, 6) is 0. The molecule has 0 saturated heterocycles. The van der Waals surface area contributed by atoms with Crippen molar-refractivity contribution in [3.63, 3.8) is 0 Å². The van der Waals surface area contributed by atoms with Crippen LogP contribution in [-0.4, -0.2) is 0 Å². The van der Waals surface area contributed by atoms with Gasteiger partial charge in [0.1, 0.15) is 0 Å². The molecule has 0 atom stereocenters. The van der Waals surface area contributed by atoms with E-state index in [1.165, 1.54) is 44.9 Å². The fraction of sp³-hybridized carbons (Fsp3) is 0.833. The van der Waals surface area contributed by atoms with E-state index in [1.54, 1.807) is 5.57 Å². The largest absolute Gasteiger partial charge is 0.0853 e. The Kier molecular flexibility index (Phi) is 8.64. The molecule has 0 aliphatic heterocycles. The normalized spacial score (nSPS) is 12.1. The maximum absolute atomic E-state index is 2.46. The van der Waals surface area contributed by atoms with Gasteiger partial charge in [-0.2, -0.15) is 0 Å². The van der Waals surface area contributed by atoms with Crippen LogP contribution in [0.1, 0.15) is 65.7 Å². The zero-order valence-corrected chi connectivity index (χ0v) is 9.03. The molecule has 0 aromatic heterocycles. The monoisotopic (exact) mass is 168 g/mol. The molecule has 0 saturated carbocycles. The van der Waals surface area contributed by atoms with Crippen molar-refractivity contribution >= 4 is 0 Å². The number of rotatable bonds is 7. The third kappa shape index (κ3) is 6.45. The van der Waals surface area contributed by atoms with Crippen LogP contribution in [0.2, 0.25) is 0 Å². The summed E-state index contributed by atoms with van der Waals surface area (Å²) in [4.78, 5) is 0. The Labute approximate surface area is 78.1 Å². The number of hydrogen-bond donors (Lipinski definition) is 0. The highest BCUT2D eigenvalue weighted by Crippen LogP contribution is 2.12. The highest BCUT2D eigenvalue weighted by Gasteiger charge is 1.92. The van der Waals surface area contributed by atoms with Crippen molar-refractivity contribution in [1.29, 1.82) is 0 Å². The molecule has 0 heterocycles. The molecule has 0 fully saturated rings. The highest BCUT2D eigenvalue weighted by atomic mass is 14.0. The summed E-state index contributed by atoms with van der Waals surface area (Å²) in [6.07, 6.45) is 11.7. The van der Waals surface area contributed by atoms with Crippen molar-refractivity contribution in [2.45, 2.75) is 65.7 Å². The van der Waals surface area contributed by atoms with Crippen LogP contribution in [-0.2, 0) is 0 Å². The van der Waals surface area contributed by atoms with Crippen molar-refractivity contribution in [2.24, 2.45) is 0 Å². The molecule has 0 aromatic rings. The molecular formula is C12H24. The van der Waals surface area contributed by atoms with E-state index >= 15 is 0 Å². The Balaban J connectivity index is 3.55. The molecule has 0 spiro atoms. The van der Waals surface area contributed by atoms with E-state index in [0.29, 0.717) is 0 Å². The lowest BCUT2D eigenvalue weighted by Gasteiger charge is -2.02. The second-order valence-corrected chi connectivity index (χ2v) is 3.46. The Hall–Kier alpha value is -0.260. The highest BCUT2D eigenvalue weighted by molar-refractivity contribution is 5.00. The van der Waals surface area contributed by atoms with Crippen LogP contribution in [0.5, 0.6) is 0 Å². The maximum atomic E-state index is 2.46. The lowest BCUT2D eigenvalue weighted by Crippen LogP contribution is -1.82. The summed E-state index contributed by atoms with van der Waals surface area (Å²) in [7, 11) is 0. The van der Waals surface area contributed by atoms with Gasteiger partial charge in [-0.1, -0.05) is 51.7 Å². The second kappa shape index (κ2) is 8.83. The Morgan fingerprint density at radius 3 is 2.17 bits per heavy atom. The summed E-state index contributed by atoms with van der Waals surface area (Å²) >= 11 is 0. The first-order valence-corrected chi connectivity index (χ1v) is 5.53. The molecule has 0 N–H and O–H groups in total. The maximum Gasteiger partial charge on any atom is -0.0321 e. The standard InChI is InChI=1S/C12H24/c1-4-7-9-11-12(6-3)10-8-5-2/h11H,4-10H2,1-3H3/b12-11-. The van der Waals surface area contributed by atoms with Crippen molar-refractivity contribution in [3.8, 4) is 0 Å². The van der Waals surface area contributed by atoms with E-state index in [-0.39, 0.29) is 0 Å². The first-order valence-electron chi connectivity index (χ1n) is 5.53. The quantitative estimate of drug-likeness (QED) is 0.382.